The number of carboxylic acid groups (broad SMARTS) is 1. The van der Waals surface area contributed by atoms with Crippen molar-refractivity contribution >= 4 is 17.6 Å². The minimum absolute atomic E-state index is 0.122. The van der Waals surface area contributed by atoms with Crippen LogP contribution in [0.2, 0.25) is 0 Å². The lowest BCUT2D eigenvalue weighted by Gasteiger charge is -2.43. The lowest BCUT2D eigenvalue weighted by Crippen LogP contribution is -2.53. The quantitative estimate of drug-likeness (QED) is 0.639. The molecule has 0 radical (unpaired) electrons. The van der Waals surface area contributed by atoms with E-state index in [1.807, 2.05) is 41.3 Å². The first-order valence-electron chi connectivity index (χ1n) is 12.0. The first-order chi connectivity index (χ1) is 17.6. The van der Waals surface area contributed by atoms with Crippen molar-refractivity contribution in [3.05, 3.63) is 54.1 Å². The maximum absolute atomic E-state index is 12.8. The Kier molecular flexibility index (Phi) is 9.62. The van der Waals surface area contributed by atoms with Gasteiger partial charge in [0.15, 0.2) is 0 Å². The third-order valence-corrected chi connectivity index (χ3v) is 6.59. The maximum atomic E-state index is 12.8. The van der Waals surface area contributed by atoms with Crippen LogP contribution in [0.5, 0.6) is 11.5 Å². The smallest absolute Gasteiger partial charge is 0.490 e. The van der Waals surface area contributed by atoms with Crippen molar-refractivity contribution in [2.45, 2.75) is 25.1 Å². The highest BCUT2D eigenvalue weighted by Gasteiger charge is 2.38. The minimum Gasteiger partial charge on any atom is -0.497 e. The molecule has 0 bridgehead atoms. The van der Waals surface area contributed by atoms with Crippen LogP contribution in [-0.2, 0) is 4.79 Å². The normalized spacial score (nSPS) is 17.0. The van der Waals surface area contributed by atoms with Crippen LogP contribution in [-0.4, -0.2) is 92.5 Å². The molecule has 2 aromatic rings. The Hall–Kier alpha value is -3.47. The van der Waals surface area contributed by atoms with Crippen molar-refractivity contribution in [2.75, 3.05) is 58.4 Å². The van der Waals surface area contributed by atoms with Crippen LogP contribution in [0.4, 0.5) is 18.9 Å². The van der Waals surface area contributed by atoms with Crippen molar-refractivity contribution in [3.8, 4) is 11.5 Å². The van der Waals surface area contributed by atoms with Gasteiger partial charge in [-0.2, -0.15) is 13.2 Å². The van der Waals surface area contributed by atoms with Gasteiger partial charge >= 0.3 is 12.1 Å². The Bertz CT molecular complexity index is 1030. The van der Waals surface area contributed by atoms with Crippen molar-refractivity contribution in [2.24, 2.45) is 0 Å². The molecule has 2 aromatic carbocycles. The molecule has 0 aliphatic carbocycles. The predicted octanol–water partition coefficient (Wildman–Crippen LogP) is 3.76. The van der Waals surface area contributed by atoms with Gasteiger partial charge in [-0.25, -0.2) is 4.79 Å². The largest absolute Gasteiger partial charge is 0.497 e. The average molecular weight is 524 g/mol. The molecule has 8 nitrogen and oxygen atoms in total. The molecule has 2 aliphatic heterocycles. The second kappa shape index (κ2) is 12.7. The van der Waals surface area contributed by atoms with E-state index in [0.717, 1.165) is 69.2 Å². The number of alkyl halides is 3. The van der Waals surface area contributed by atoms with E-state index in [-0.39, 0.29) is 5.91 Å². The molecule has 0 saturated carbocycles. The van der Waals surface area contributed by atoms with Crippen LogP contribution in [0.15, 0.2) is 48.5 Å². The number of anilines is 1. The minimum atomic E-state index is -5.08. The highest BCUT2D eigenvalue weighted by molar-refractivity contribution is 5.94. The standard InChI is InChI=1S/C24H31N3O3.C2HF3O2/c1-29-21-9-7-19(8-10-21)24(28)27-13-11-20(12-14-27)25-15-17-26(18-16-25)22-5-3-4-6-23(22)30-2;3-2(4,5)1(6)7/h3-10,20H,11-18H2,1-2H3;(H,6,7). The summed E-state index contributed by atoms with van der Waals surface area (Å²) in [5.74, 6) is -0.918. The van der Waals surface area contributed by atoms with E-state index in [0.29, 0.717) is 6.04 Å². The molecule has 0 unspecified atom stereocenters. The van der Waals surface area contributed by atoms with Crippen molar-refractivity contribution < 1.29 is 37.3 Å². The Balaban J connectivity index is 0.000000479. The number of para-hydroxylation sites is 2. The second-order valence-corrected chi connectivity index (χ2v) is 8.75. The molecule has 1 amide bonds. The molecule has 2 aliphatic rings. The zero-order valence-corrected chi connectivity index (χ0v) is 20.9. The summed E-state index contributed by atoms with van der Waals surface area (Å²) in [6.07, 6.45) is -3.01. The molecule has 0 atom stereocenters. The Morgan fingerprint density at radius 2 is 1.43 bits per heavy atom. The van der Waals surface area contributed by atoms with Gasteiger partial charge in [0, 0.05) is 50.9 Å². The van der Waals surface area contributed by atoms with Gasteiger partial charge in [0.05, 0.1) is 19.9 Å². The van der Waals surface area contributed by atoms with Gasteiger partial charge < -0.3 is 24.4 Å². The highest BCUT2D eigenvalue weighted by Crippen LogP contribution is 2.29. The van der Waals surface area contributed by atoms with Crippen molar-refractivity contribution in [1.29, 1.82) is 0 Å². The summed E-state index contributed by atoms with van der Waals surface area (Å²) in [6, 6.07) is 16.2. The van der Waals surface area contributed by atoms with Crippen LogP contribution in [0.1, 0.15) is 23.2 Å². The molecule has 4 rings (SSSR count). The molecular formula is C26H32F3N3O5. The van der Waals surface area contributed by atoms with E-state index in [1.165, 1.54) is 5.69 Å². The molecular weight excluding hydrogens is 491 g/mol. The lowest BCUT2D eigenvalue weighted by molar-refractivity contribution is -0.192. The number of aliphatic carboxylic acids is 1. The van der Waals surface area contributed by atoms with Crippen molar-refractivity contribution in [1.82, 2.24) is 9.80 Å². The number of methoxy groups -OCH3 is 2. The summed E-state index contributed by atoms with van der Waals surface area (Å²) >= 11 is 0. The van der Waals surface area contributed by atoms with E-state index < -0.39 is 12.1 Å². The van der Waals surface area contributed by atoms with E-state index >= 15 is 0 Å². The molecule has 1 N–H and O–H groups in total. The van der Waals surface area contributed by atoms with Crippen LogP contribution in [0.3, 0.4) is 0 Å². The van der Waals surface area contributed by atoms with Gasteiger partial charge in [0.25, 0.3) is 5.91 Å². The average Bonchev–Trinajstić information content (AvgIpc) is 2.92. The first kappa shape index (κ1) is 28.1. The van der Waals surface area contributed by atoms with Crippen LogP contribution >= 0.6 is 0 Å². The number of likely N-dealkylation sites (tertiary alicyclic amines) is 1. The zero-order chi connectivity index (χ0) is 27.0. The summed E-state index contributed by atoms with van der Waals surface area (Å²) < 4.78 is 42.4. The van der Waals surface area contributed by atoms with Crippen molar-refractivity contribution in [3.63, 3.8) is 0 Å². The van der Waals surface area contributed by atoms with Gasteiger partial charge in [-0.15, -0.1) is 0 Å². The summed E-state index contributed by atoms with van der Waals surface area (Å²) in [5.41, 5.74) is 1.92. The van der Waals surface area contributed by atoms with E-state index in [9.17, 15) is 18.0 Å². The number of rotatable bonds is 5. The van der Waals surface area contributed by atoms with Crippen LogP contribution in [0.25, 0.3) is 0 Å². The number of hydrogen-bond donors (Lipinski definition) is 1. The van der Waals surface area contributed by atoms with Gasteiger partial charge in [-0.05, 0) is 49.2 Å². The van der Waals surface area contributed by atoms with E-state index in [1.54, 1.807) is 14.2 Å². The molecule has 2 heterocycles. The predicted molar refractivity (Wildman–Crippen MR) is 132 cm³/mol. The highest BCUT2D eigenvalue weighted by atomic mass is 19.4. The first-order valence-corrected chi connectivity index (χ1v) is 12.0. The second-order valence-electron chi connectivity index (χ2n) is 8.75. The number of amides is 1. The van der Waals surface area contributed by atoms with Crippen LogP contribution < -0.4 is 14.4 Å². The number of carbonyl (C=O) groups excluding carboxylic acids is 1. The number of carbonyl (C=O) groups is 2. The van der Waals surface area contributed by atoms with Gasteiger partial charge in [0.1, 0.15) is 11.5 Å². The fourth-order valence-corrected chi connectivity index (χ4v) is 4.57. The Morgan fingerprint density at radius 1 is 0.865 bits per heavy atom. The topological polar surface area (TPSA) is 82.5 Å². The molecule has 11 heteroatoms. The molecule has 0 spiro atoms. The molecule has 0 aromatic heterocycles. The number of nitrogens with zero attached hydrogens (tertiary/aromatic N) is 3. The molecule has 37 heavy (non-hydrogen) atoms. The Labute approximate surface area is 214 Å². The van der Waals surface area contributed by atoms with E-state index in [2.05, 4.69) is 21.9 Å². The van der Waals surface area contributed by atoms with Crippen LogP contribution in [0, 0.1) is 0 Å². The fraction of sp³-hybridized carbons (Fsp3) is 0.462. The lowest BCUT2D eigenvalue weighted by atomic mass is 10.0. The summed E-state index contributed by atoms with van der Waals surface area (Å²) in [6.45, 7) is 5.76. The molecule has 202 valence electrons. The molecule has 2 saturated heterocycles. The summed E-state index contributed by atoms with van der Waals surface area (Å²) in [5, 5.41) is 7.12. The third-order valence-electron chi connectivity index (χ3n) is 6.59. The third kappa shape index (κ3) is 7.51. The summed E-state index contributed by atoms with van der Waals surface area (Å²) in [4.78, 5) is 28.7. The number of halogens is 3. The zero-order valence-electron chi connectivity index (χ0n) is 20.9. The number of carboxylic acids is 1. The number of piperazine rings is 1. The number of ether oxygens (including phenoxy) is 2. The SMILES string of the molecule is COc1ccc(C(=O)N2CCC(N3CCN(c4ccccc4OC)CC3)CC2)cc1.O=C(O)C(F)(F)F. The Morgan fingerprint density at radius 3 is 1.95 bits per heavy atom. The molecule has 2 fully saturated rings. The van der Waals surface area contributed by atoms with Gasteiger partial charge in [-0.1, -0.05) is 12.1 Å². The number of piperidine rings is 1. The monoisotopic (exact) mass is 523 g/mol. The fourth-order valence-electron chi connectivity index (χ4n) is 4.57. The number of benzene rings is 2. The number of hydrogen-bond acceptors (Lipinski definition) is 6. The van der Waals surface area contributed by atoms with Gasteiger partial charge in [0.2, 0.25) is 0 Å². The summed E-state index contributed by atoms with van der Waals surface area (Å²) in [7, 11) is 3.37. The maximum Gasteiger partial charge on any atom is 0.490 e. The van der Waals surface area contributed by atoms with E-state index in [4.69, 9.17) is 19.4 Å². The van der Waals surface area contributed by atoms with Gasteiger partial charge in [-0.3, -0.25) is 9.69 Å².